The fraction of sp³-hybridized carbons (Fsp3) is 0.176. The summed E-state index contributed by atoms with van der Waals surface area (Å²) in [5, 5.41) is 0.674. The van der Waals surface area contributed by atoms with Gasteiger partial charge in [0.25, 0.3) is 0 Å². The van der Waals surface area contributed by atoms with Crippen LogP contribution in [0.2, 0.25) is 0 Å². The van der Waals surface area contributed by atoms with Gasteiger partial charge in [0.15, 0.2) is 9.58 Å². The molecule has 0 spiro atoms. The fourth-order valence-electron chi connectivity index (χ4n) is 2.46. The smallest absolute Gasteiger partial charge is 0.418 e. The molecule has 0 aliphatic carbocycles. The summed E-state index contributed by atoms with van der Waals surface area (Å²) in [4.78, 5) is 0.367. The van der Waals surface area contributed by atoms with Gasteiger partial charge in [0.05, 0.1) is 0 Å². The van der Waals surface area contributed by atoms with E-state index in [9.17, 15) is 30.4 Å². The number of rotatable bonds is 2. The minimum Gasteiger partial charge on any atom is -0.418 e. The Morgan fingerprint density at radius 2 is 1.42 bits per heavy atom. The first-order valence-electron chi connectivity index (χ1n) is 7.59. The largest absolute Gasteiger partial charge is 0.673 e. The third kappa shape index (κ3) is 5.23. The molecular weight excluding hydrogens is 380 g/mol. The lowest BCUT2D eigenvalue weighted by atomic mass is 10.1. The number of hydrogen-bond donors (Lipinski definition) is 0. The van der Waals surface area contributed by atoms with E-state index in [1.807, 2.05) is 19.1 Å². The Labute approximate surface area is 148 Å². The average molecular weight is 394 g/mol. The summed E-state index contributed by atoms with van der Waals surface area (Å²) in [5.41, 5.74) is -2.46. The normalized spacial score (nSPS) is 12.7. The van der Waals surface area contributed by atoms with Crippen molar-refractivity contribution in [2.45, 2.75) is 18.9 Å². The zero-order chi connectivity index (χ0) is 19.5. The van der Waals surface area contributed by atoms with Gasteiger partial charge in [-0.3, -0.25) is 0 Å². The molecule has 26 heavy (non-hydrogen) atoms. The van der Waals surface area contributed by atoms with E-state index in [1.54, 1.807) is 42.5 Å². The molecule has 0 fully saturated rings. The Bertz CT molecular complexity index is 857. The van der Waals surface area contributed by atoms with Gasteiger partial charge in [-0.05, 0) is 36.2 Å². The topological polar surface area (TPSA) is 0 Å². The molecule has 0 radical (unpaired) electrons. The standard InChI is InChI=1S/C17H14F3S.BF4/c1-2-12-7-9-13(10-8-12)16-11-14-5-3-4-6-15(14)21(16)17(18,19)20;2-1(3,4)5/h3-11H,2H2,1H3;/q+1;-1. The summed E-state index contributed by atoms with van der Waals surface area (Å²) in [6.07, 6.45) is 0.880. The quantitative estimate of drug-likeness (QED) is 0.239. The zero-order valence-electron chi connectivity index (χ0n) is 13.5. The molecule has 0 amide bonds. The molecule has 1 unspecified atom stereocenters. The average Bonchev–Trinajstić information content (AvgIpc) is 2.93. The maximum absolute atomic E-state index is 13.5. The van der Waals surface area contributed by atoms with Gasteiger partial charge in [-0.1, -0.05) is 31.2 Å². The van der Waals surface area contributed by atoms with Crippen LogP contribution in [0.3, 0.4) is 0 Å². The third-order valence-electron chi connectivity index (χ3n) is 3.52. The molecule has 3 rings (SSSR count). The van der Waals surface area contributed by atoms with Crippen LogP contribution in [-0.4, -0.2) is 7.25 Å². The van der Waals surface area contributed by atoms with Gasteiger partial charge in [-0.2, -0.15) is 0 Å². The van der Waals surface area contributed by atoms with E-state index < -0.39 is 23.2 Å². The molecule has 9 heteroatoms. The predicted octanol–water partition coefficient (Wildman–Crippen LogP) is 7.59. The van der Waals surface area contributed by atoms with Crippen LogP contribution < -0.4 is 0 Å². The van der Waals surface area contributed by atoms with Crippen LogP contribution in [0.4, 0.5) is 30.4 Å². The van der Waals surface area contributed by atoms with Crippen LogP contribution >= 0.6 is 10.5 Å². The first-order valence-corrected chi connectivity index (χ1v) is 8.81. The molecule has 0 aliphatic heterocycles. The summed E-state index contributed by atoms with van der Waals surface area (Å²) < 4.78 is 79.9. The number of benzene rings is 2. The van der Waals surface area contributed by atoms with Gasteiger partial charge in [0.1, 0.15) is 10.5 Å². The van der Waals surface area contributed by atoms with Crippen molar-refractivity contribution in [3.8, 4) is 10.4 Å². The first-order chi connectivity index (χ1) is 12.0. The summed E-state index contributed by atoms with van der Waals surface area (Å²) in [6.45, 7) is 2.03. The number of halogens is 7. The molecule has 1 aromatic heterocycles. The predicted molar refractivity (Wildman–Crippen MR) is 92.7 cm³/mol. The highest BCUT2D eigenvalue weighted by atomic mass is 32.2. The van der Waals surface area contributed by atoms with E-state index >= 15 is 0 Å². The van der Waals surface area contributed by atoms with E-state index in [2.05, 4.69) is 0 Å². The summed E-state index contributed by atoms with van der Waals surface area (Å²) >= 11 is 0. The van der Waals surface area contributed by atoms with E-state index in [4.69, 9.17) is 0 Å². The van der Waals surface area contributed by atoms with Gasteiger partial charge in [-0.15, -0.1) is 13.2 Å². The van der Waals surface area contributed by atoms with E-state index in [-0.39, 0.29) is 0 Å². The van der Waals surface area contributed by atoms with Crippen LogP contribution in [0.1, 0.15) is 12.5 Å². The van der Waals surface area contributed by atoms with Gasteiger partial charge in [0.2, 0.25) is 0 Å². The summed E-state index contributed by atoms with van der Waals surface area (Å²) in [5.74, 6) is 0. The molecule has 0 saturated heterocycles. The van der Waals surface area contributed by atoms with Crippen LogP contribution in [-0.2, 0) is 11.9 Å². The van der Waals surface area contributed by atoms with Crippen molar-refractivity contribution < 1.29 is 30.4 Å². The minimum absolute atomic E-state index is 0.367. The second-order valence-electron chi connectivity index (χ2n) is 5.34. The zero-order valence-corrected chi connectivity index (χ0v) is 14.4. The lowest BCUT2D eigenvalue weighted by Gasteiger charge is -2.02. The number of alkyl halides is 3. The van der Waals surface area contributed by atoms with E-state index in [0.29, 0.717) is 20.5 Å². The van der Waals surface area contributed by atoms with Gasteiger partial charge >= 0.3 is 12.8 Å². The SMILES string of the molecule is CCc1ccc(-c2cc3ccccc3[s+]2C(F)(F)F)cc1.F[B-](F)(F)F. The van der Waals surface area contributed by atoms with Crippen molar-refractivity contribution >= 4 is 27.8 Å². The Morgan fingerprint density at radius 1 is 0.885 bits per heavy atom. The van der Waals surface area contributed by atoms with Crippen molar-refractivity contribution in [3.05, 3.63) is 60.2 Å². The van der Waals surface area contributed by atoms with Crippen LogP contribution in [0.5, 0.6) is 0 Å². The molecule has 2 aromatic carbocycles. The van der Waals surface area contributed by atoms with E-state index in [1.165, 1.54) is 0 Å². The van der Waals surface area contributed by atoms with Crippen molar-refractivity contribution in [3.63, 3.8) is 0 Å². The Hall–Kier alpha value is -2.03. The molecule has 0 aliphatic rings. The Balaban J connectivity index is 0.000000431. The third-order valence-corrected chi connectivity index (χ3v) is 5.59. The first kappa shape index (κ1) is 20.3. The van der Waals surface area contributed by atoms with Gasteiger partial charge in [-0.25, -0.2) is 0 Å². The lowest BCUT2D eigenvalue weighted by molar-refractivity contribution is -0.0864. The highest BCUT2D eigenvalue weighted by Crippen LogP contribution is 2.54. The maximum Gasteiger partial charge on any atom is 0.673 e. The van der Waals surface area contributed by atoms with Crippen LogP contribution in [0.15, 0.2) is 54.6 Å². The Kier molecular flexibility index (Phi) is 6.00. The number of aryl methyl sites for hydroxylation is 1. The molecular formula is C17H14BF7S. The molecule has 140 valence electrons. The maximum atomic E-state index is 13.5. The number of hydrogen-bond acceptors (Lipinski definition) is 0. The van der Waals surface area contributed by atoms with E-state index in [0.717, 1.165) is 12.0 Å². The highest BCUT2D eigenvalue weighted by molar-refractivity contribution is 7.41. The van der Waals surface area contributed by atoms with Gasteiger partial charge in [0, 0.05) is 17.0 Å². The van der Waals surface area contributed by atoms with Crippen molar-refractivity contribution in [1.82, 2.24) is 0 Å². The molecule has 1 heterocycles. The van der Waals surface area contributed by atoms with Crippen molar-refractivity contribution in [2.75, 3.05) is 0 Å². The monoisotopic (exact) mass is 394 g/mol. The molecule has 0 bridgehead atoms. The van der Waals surface area contributed by atoms with Crippen LogP contribution in [0.25, 0.3) is 20.5 Å². The van der Waals surface area contributed by atoms with Crippen molar-refractivity contribution in [1.29, 1.82) is 0 Å². The molecule has 0 nitrogen and oxygen atoms in total. The number of thiophene rings is 1. The van der Waals surface area contributed by atoms with Gasteiger partial charge < -0.3 is 17.3 Å². The highest BCUT2D eigenvalue weighted by Gasteiger charge is 2.48. The fourth-order valence-corrected chi connectivity index (χ4v) is 4.39. The molecule has 1 atom stereocenters. The molecule has 0 N–H and O–H groups in total. The summed E-state index contributed by atoms with van der Waals surface area (Å²) in [7, 11) is -7.86. The molecule has 0 saturated carbocycles. The lowest BCUT2D eigenvalue weighted by Crippen LogP contribution is -2.02. The van der Waals surface area contributed by atoms with Crippen molar-refractivity contribution in [2.24, 2.45) is 0 Å². The summed E-state index contributed by atoms with van der Waals surface area (Å²) in [6, 6.07) is 15.8. The number of fused-ring (bicyclic) bond motifs is 1. The molecule has 3 aromatic rings. The van der Waals surface area contributed by atoms with Crippen LogP contribution in [0, 0.1) is 0 Å². The Morgan fingerprint density at radius 3 is 1.92 bits per heavy atom. The minimum atomic E-state index is -6.00. The second-order valence-corrected chi connectivity index (χ2v) is 7.30. The second kappa shape index (κ2) is 7.69.